The number of ether oxygens (including phenoxy) is 9. The third kappa shape index (κ3) is 10.8. The topological polar surface area (TPSA) is 474 Å². The SMILES string of the molecule is O=P(O)(O)OC[C@H]1O[C@@H](O[C@H]2[C@H](O)[C@H](O)[C@@H](O)O[C@@H]2CO)[C@H](O)[C@@H](O[C@@H]2O[C@H](CO)[C@H](O)[C@H](O[C@@H]3O[C@H](CO)[C@H](O)[C@H](O[C@@H]4O[C@H](CO)[C@H](O)[C@H](O)[C@H]4O)[C@H]3O)[C@H]2O)[C@H]1O. The van der Waals surface area contributed by atoms with Crippen LogP contribution < -0.4 is 0 Å². The summed E-state index contributed by atoms with van der Waals surface area (Å²) < 4.78 is 65.0. The zero-order valence-corrected chi connectivity index (χ0v) is 31.9. The first kappa shape index (κ1) is 50.1. The van der Waals surface area contributed by atoms with Crippen molar-refractivity contribution in [3.05, 3.63) is 0 Å². The van der Waals surface area contributed by atoms with E-state index in [1.54, 1.807) is 0 Å². The monoisotopic (exact) mass is 908 g/mol. The van der Waals surface area contributed by atoms with Crippen LogP contribution in [0.2, 0.25) is 0 Å². The molecule has 0 bridgehead atoms. The van der Waals surface area contributed by atoms with E-state index in [1.807, 2.05) is 0 Å². The van der Waals surface area contributed by atoms with Gasteiger partial charge in [-0.05, 0) is 0 Å². The lowest BCUT2D eigenvalue weighted by Gasteiger charge is -2.49. The van der Waals surface area contributed by atoms with Gasteiger partial charge in [-0.3, -0.25) is 4.52 Å². The average Bonchev–Trinajstić information content (AvgIpc) is 3.21. The molecule has 0 amide bonds. The van der Waals surface area contributed by atoms with E-state index in [0.717, 1.165) is 0 Å². The fourth-order valence-electron chi connectivity index (χ4n) is 7.17. The zero-order valence-electron chi connectivity index (χ0n) is 31.0. The molecule has 0 aromatic rings. The van der Waals surface area contributed by atoms with Crippen LogP contribution in [-0.2, 0) is 51.7 Å². The summed E-state index contributed by atoms with van der Waals surface area (Å²) in [5.41, 5.74) is 0. The minimum Gasteiger partial charge on any atom is -0.394 e. The molecule has 0 radical (unpaired) electrons. The Morgan fingerprint density at radius 2 is 0.717 bits per heavy atom. The molecule has 0 aromatic heterocycles. The number of phosphoric acid groups is 1. The third-order valence-electron chi connectivity index (χ3n) is 10.5. The molecule has 60 heavy (non-hydrogen) atoms. The second kappa shape index (κ2) is 21.0. The molecule has 0 spiro atoms. The molecule has 5 aliphatic rings. The summed E-state index contributed by atoms with van der Waals surface area (Å²) in [6.07, 6.45) is -49.5. The Kier molecular flexibility index (Phi) is 17.5. The van der Waals surface area contributed by atoms with Crippen molar-refractivity contribution in [2.24, 2.45) is 0 Å². The molecule has 5 aliphatic heterocycles. The highest BCUT2D eigenvalue weighted by Crippen LogP contribution is 2.39. The van der Waals surface area contributed by atoms with Gasteiger partial charge in [0.25, 0.3) is 0 Å². The highest BCUT2D eigenvalue weighted by atomic mass is 31.2. The lowest BCUT2D eigenvalue weighted by molar-refractivity contribution is -0.395. The predicted molar refractivity (Wildman–Crippen MR) is 177 cm³/mol. The number of aliphatic hydroxyl groups is 16. The molecule has 5 rings (SSSR count). The second-order valence-corrected chi connectivity index (χ2v) is 15.8. The molecule has 18 N–H and O–H groups in total. The van der Waals surface area contributed by atoms with Crippen molar-refractivity contribution < 1.29 is 143 Å². The number of rotatable bonds is 15. The van der Waals surface area contributed by atoms with Gasteiger partial charge in [0.1, 0.15) is 122 Å². The summed E-state index contributed by atoms with van der Waals surface area (Å²) >= 11 is 0. The maximum Gasteiger partial charge on any atom is 0.469 e. The molecule has 0 unspecified atom stereocenters. The Morgan fingerprint density at radius 3 is 1.12 bits per heavy atom. The van der Waals surface area contributed by atoms with E-state index in [-0.39, 0.29) is 0 Å². The zero-order chi connectivity index (χ0) is 44.5. The summed E-state index contributed by atoms with van der Waals surface area (Å²) in [7, 11) is -5.27. The summed E-state index contributed by atoms with van der Waals surface area (Å²) in [6, 6.07) is 0. The van der Waals surface area contributed by atoms with Gasteiger partial charge in [-0.1, -0.05) is 0 Å². The van der Waals surface area contributed by atoms with E-state index in [0.29, 0.717) is 0 Å². The molecule has 5 heterocycles. The van der Waals surface area contributed by atoms with Gasteiger partial charge in [-0.25, -0.2) is 4.57 Å². The molecule has 5 fully saturated rings. The molecule has 30 heteroatoms. The first-order valence-electron chi connectivity index (χ1n) is 18.4. The van der Waals surface area contributed by atoms with Crippen LogP contribution >= 0.6 is 7.82 Å². The highest BCUT2D eigenvalue weighted by molar-refractivity contribution is 7.46. The van der Waals surface area contributed by atoms with Crippen molar-refractivity contribution in [1.82, 2.24) is 0 Å². The quantitative estimate of drug-likeness (QED) is 0.0678. The van der Waals surface area contributed by atoms with Gasteiger partial charge >= 0.3 is 7.82 Å². The first-order valence-corrected chi connectivity index (χ1v) is 19.9. The highest BCUT2D eigenvalue weighted by Gasteiger charge is 2.57. The van der Waals surface area contributed by atoms with E-state index >= 15 is 0 Å². The largest absolute Gasteiger partial charge is 0.469 e. The molecule has 5 saturated heterocycles. The van der Waals surface area contributed by atoms with Gasteiger partial charge in [0.05, 0.1) is 33.0 Å². The molecule has 25 atom stereocenters. The number of hydrogen-bond donors (Lipinski definition) is 18. The predicted octanol–water partition coefficient (Wildman–Crippen LogP) is -11.8. The van der Waals surface area contributed by atoms with Crippen molar-refractivity contribution >= 4 is 7.82 Å². The van der Waals surface area contributed by atoms with E-state index in [1.165, 1.54) is 0 Å². The maximum absolute atomic E-state index is 11.5. The van der Waals surface area contributed by atoms with Crippen LogP contribution in [0.1, 0.15) is 0 Å². The third-order valence-corrected chi connectivity index (χ3v) is 11.0. The molecule has 0 saturated carbocycles. The van der Waals surface area contributed by atoms with E-state index < -0.39 is 194 Å². The van der Waals surface area contributed by atoms with Gasteiger partial charge in [0, 0.05) is 0 Å². The maximum atomic E-state index is 11.5. The fourth-order valence-corrected chi connectivity index (χ4v) is 7.51. The van der Waals surface area contributed by atoms with E-state index in [4.69, 9.17) is 42.6 Å². The van der Waals surface area contributed by atoms with Crippen molar-refractivity contribution in [3.63, 3.8) is 0 Å². The van der Waals surface area contributed by atoms with Gasteiger partial charge in [-0.2, -0.15) is 0 Å². The Hall–Kier alpha value is -0.890. The van der Waals surface area contributed by atoms with Gasteiger partial charge in [-0.15, -0.1) is 0 Å². The van der Waals surface area contributed by atoms with Crippen LogP contribution in [0.4, 0.5) is 0 Å². The molecule has 352 valence electrons. The Bertz CT molecular complexity index is 1380. The van der Waals surface area contributed by atoms with Crippen molar-refractivity contribution in [1.29, 1.82) is 0 Å². The van der Waals surface area contributed by atoms with Crippen LogP contribution in [0.25, 0.3) is 0 Å². The van der Waals surface area contributed by atoms with Crippen LogP contribution in [0.5, 0.6) is 0 Å². The summed E-state index contributed by atoms with van der Waals surface area (Å²) in [5.74, 6) is 0. The molecule has 29 nitrogen and oxygen atoms in total. The van der Waals surface area contributed by atoms with Crippen molar-refractivity contribution in [3.8, 4) is 0 Å². The normalized spacial score (nSPS) is 50.7. The first-order chi connectivity index (χ1) is 28.2. The number of aliphatic hydroxyl groups excluding tert-OH is 16. The summed E-state index contributed by atoms with van der Waals surface area (Å²) in [6.45, 7) is -5.02. The number of phosphoric ester groups is 1. The van der Waals surface area contributed by atoms with Gasteiger partial charge < -0.3 is 134 Å². The lowest BCUT2D eigenvalue weighted by Crippen LogP contribution is -2.68. The lowest BCUT2D eigenvalue weighted by atomic mass is 9.95. The van der Waals surface area contributed by atoms with Gasteiger partial charge in [0.2, 0.25) is 0 Å². The molecular formula is C30H53O29P. The fraction of sp³-hybridized carbons (Fsp3) is 1.00. The molecule has 0 aromatic carbocycles. The molecule has 0 aliphatic carbocycles. The van der Waals surface area contributed by atoms with E-state index in [9.17, 15) is 96.1 Å². The van der Waals surface area contributed by atoms with Crippen LogP contribution in [0, 0.1) is 0 Å². The smallest absolute Gasteiger partial charge is 0.394 e. The average molecular weight is 909 g/mol. The second-order valence-electron chi connectivity index (χ2n) is 14.6. The summed E-state index contributed by atoms with van der Waals surface area (Å²) in [5, 5.41) is 168. The van der Waals surface area contributed by atoms with Crippen LogP contribution in [0.15, 0.2) is 0 Å². The van der Waals surface area contributed by atoms with Crippen LogP contribution in [-0.4, -0.2) is 278 Å². The van der Waals surface area contributed by atoms with Gasteiger partial charge in [0.15, 0.2) is 31.5 Å². The Labute approximate surface area is 337 Å². The minimum atomic E-state index is -5.27. The molecular weight excluding hydrogens is 855 g/mol. The van der Waals surface area contributed by atoms with Crippen LogP contribution in [0.3, 0.4) is 0 Å². The Balaban J connectivity index is 1.37. The summed E-state index contributed by atoms with van der Waals surface area (Å²) in [4.78, 5) is 18.6. The van der Waals surface area contributed by atoms with Crippen molar-refractivity contribution in [2.45, 2.75) is 154 Å². The standard InChI is InChI=1S/C30H53O29P/c31-1-6-11(35)15(39)18(42)27(52-6)57-23-12(36)7(2-32)53-28(19(23)43)58-24-13(37)8(3-33)54-29(20(24)44)59-25-14(38)10(5-50-60(47,48)49)55-30(21(25)45)56-22-9(4-34)51-26(46)17(41)16(22)40/h6-46H,1-5H2,(H2,47,48,49)/t6-,7-,8-,9-,10-,11+,12+,13+,14+,15+,16-,17+,18-,19-,20-,21-,22-,23+,24+,25+,26+,27+,28+,29+,30+/m1/s1. The Morgan fingerprint density at radius 1 is 0.367 bits per heavy atom. The minimum absolute atomic E-state index is 0.876. The number of hydrogen-bond acceptors (Lipinski definition) is 27. The van der Waals surface area contributed by atoms with Crippen molar-refractivity contribution in [2.75, 3.05) is 33.0 Å². The van der Waals surface area contributed by atoms with E-state index in [2.05, 4.69) is 4.52 Å².